The summed E-state index contributed by atoms with van der Waals surface area (Å²) in [6.07, 6.45) is 12.5. The molecule has 0 aromatic carbocycles. The van der Waals surface area contributed by atoms with Crippen LogP contribution >= 0.6 is 0 Å². The van der Waals surface area contributed by atoms with Crippen molar-refractivity contribution in [2.75, 3.05) is 0 Å². The molecule has 0 aliphatic heterocycles. The molecule has 1 nitrogen and oxygen atoms in total. The van der Waals surface area contributed by atoms with E-state index in [2.05, 4.69) is 43.8 Å². The molecule has 0 aliphatic rings. The van der Waals surface area contributed by atoms with Crippen molar-refractivity contribution in [2.24, 2.45) is 4.99 Å². The molecular formula is C16H21N. The van der Waals surface area contributed by atoms with Crippen molar-refractivity contribution in [3.8, 4) is 0 Å². The largest absolute Gasteiger partial charge is 0.248 e. The molecular weight excluding hydrogens is 206 g/mol. The van der Waals surface area contributed by atoms with Crippen LogP contribution in [0.2, 0.25) is 0 Å². The molecule has 0 spiro atoms. The first kappa shape index (κ1) is 15.2. The summed E-state index contributed by atoms with van der Waals surface area (Å²) in [6, 6.07) is 0. The van der Waals surface area contributed by atoms with Gasteiger partial charge in [-0.2, -0.15) is 0 Å². The lowest BCUT2D eigenvalue weighted by molar-refractivity contribution is 1.19. The van der Waals surface area contributed by atoms with E-state index >= 15 is 0 Å². The maximum atomic E-state index is 4.28. The van der Waals surface area contributed by atoms with Crippen molar-refractivity contribution in [1.29, 1.82) is 0 Å². The van der Waals surface area contributed by atoms with Crippen LogP contribution in [0.5, 0.6) is 0 Å². The molecule has 0 saturated carbocycles. The van der Waals surface area contributed by atoms with Crippen LogP contribution < -0.4 is 0 Å². The zero-order valence-electron chi connectivity index (χ0n) is 11.0. The van der Waals surface area contributed by atoms with Crippen molar-refractivity contribution in [3.05, 3.63) is 66.1 Å². The summed E-state index contributed by atoms with van der Waals surface area (Å²) < 4.78 is 0. The third-order valence-corrected chi connectivity index (χ3v) is 2.05. The fourth-order valence-corrected chi connectivity index (χ4v) is 1.28. The van der Waals surface area contributed by atoms with E-state index < -0.39 is 0 Å². The topological polar surface area (TPSA) is 12.4 Å². The predicted molar refractivity (Wildman–Crippen MR) is 78.3 cm³/mol. The molecule has 0 unspecified atom stereocenters. The Balaban J connectivity index is 5.16. The Hall–Kier alpha value is -1.85. The first-order valence-electron chi connectivity index (χ1n) is 5.76. The molecule has 0 atom stereocenters. The quantitative estimate of drug-likeness (QED) is 0.352. The Labute approximate surface area is 105 Å². The number of rotatable bonds is 6. The van der Waals surface area contributed by atoms with E-state index in [1.165, 1.54) is 5.57 Å². The van der Waals surface area contributed by atoms with E-state index in [9.17, 15) is 0 Å². The highest BCUT2D eigenvalue weighted by atomic mass is 14.7. The molecule has 0 aromatic heterocycles. The molecule has 17 heavy (non-hydrogen) atoms. The van der Waals surface area contributed by atoms with Gasteiger partial charge in [0.25, 0.3) is 0 Å². The average molecular weight is 227 g/mol. The molecule has 0 fully saturated rings. The minimum atomic E-state index is 0.710. The maximum Gasteiger partial charge on any atom is 0.112 e. The molecule has 0 heterocycles. The van der Waals surface area contributed by atoms with Crippen molar-refractivity contribution in [1.82, 2.24) is 0 Å². The minimum Gasteiger partial charge on any atom is -0.248 e. The minimum absolute atomic E-state index is 0.710. The number of nitrogens with zero attached hydrogens (tertiary/aromatic N) is 1. The number of allylic oxidation sites excluding steroid dienone is 6. The fraction of sp³-hybridized carbons (Fsp3) is 0.250. The van der Waals surface area contributed by atoms with Gasteiger partial charge in [-0.15, -0.1) is 5.73 Å². The SMILES string of the molecule is C=C=C(N=C/C=C\C)/C(C=C)=C/C(C)=C\CC. The van der Waals surface area contributed by atoms with Gasteiger partial charge in [0.05, 0.1) is 0 Å². The summed E-state index contributed by atoms with van der Waals surface area (Å²) in [5.74, 6) is 0. The zero-order chi connectivity index (χ0) is 13.1. The van der Waals surface area contributed by atoms with Crippen LogP contribution in [0.25, 0.3) is 0 Å². The summed E-state index contributed by atoms with van der Waals surface area (Å²) in [5.41, 5.74) is 5.66. The van der Waals surface area contributed by atoms with Crippen molar-refractivity contribution < 1.29 is 0 Å². The van der Waals surface area contributed by atoms with Crippen molar-refractivity contribution >= 4 is 6.21 Å². The number of hydrogen-bond acceptors (Lipinski definition) is 1. The molecule has 90 valence electrons. The Morgan fingerprint density at radius 3 is 2.59 bits per heavy atom. The molecule has 0 amide bonds. The van der Waals surface area contributed by atoms with Gasteiger partial charge in [0.1, 0.15) is 5.70 Å². The lowest BCUT2D eigenvalue weighted by Gasteiger charge is -2.00. The summed E-state index contributed by atoms with van der Waals surface area (Å²) >= 11 is 0. The number of hydrogen-bond donors (Lipinski definition) is 0. The average Bonchev–Trinajstić information content (AvgIpc) is 2.33. The predicted octanol–water partition coefficient (Wildman–Crippen LogP) is 4.77. The molecule has 1 heteroatoms. The van der Waals surface area contributed by atoms with Gasteiger partial charge in [0.15, 0.2) is 0 Å². The smallest absolute Gasteiger partial charge is 0.112 e. The second-order valence-corrected chi connectivity index (χ2v) is 3.49. The van der Waals surface area contributed by atoms with E-state index in [0.29, 0.717) is 5.70 Å². The Kier molecular flexibility index (Phi) is 8.36. The van der Waals surface area contributed by atoms with Crippen LogP contribution in [-0.2, 0) is 0 Å². The van der Waals surface area contributed by atoms with Gasteiger partial charge in [0.2, 0.25) is 0 Å². The second-order valence-electron chi connectivity index (χ2n) is 3.49. The first-order chi connectivity index (χ1) is 8.19. The highest BCUT2D eigenvalue weighted by molar-refractivity contribution is 5.73. The highest BCUT2D eigenvalue weighted by Gasteiger charge is 1.97. The van der Waals surface area contributed by atoms with E-state index in [4.69, 9.17) is 0 Å². The van der Waals surface area contributed by atoms with E-state index in [0.717, 1.165) is 12.0 Å². The van der Waals surface area contributed by atoms with Gasteiger partial charge < -0.3 is 0 Å². The molecule has 0 aliphatic carbocycles. The van der Waals surface area contributed by atoms with Gasteiger partial charge in [-0.25, -0.2) is 4.99 Å². The normalized spacial score (nSPS) is 13.1. The lowest BCUT2D eigenvalue weighted by Crippen LogP contribution is -1.84. The molecule has 0 bridgehead atoms. The van der Waals surface area contributed by atoms with Crippen molar-refractivity contribution in [2.45, 2.75) is 27.2 Å². The summed E-state index contributed by atoms with van der Waals surface area (Å²) in [5, 5.41) is 0. The second kappa shape index (κ2) is 9.38. The van der Waals surface area contributed by atoms with Gasteiger partial charge in [-0.1, -0.05) is 43.9 Å². The third-order valence-electron chi connectivity index (χ3n) is 2.05. The fourth-order valence-electron chi connectivity index (χ4n) is 1.28. The van der Waals surface area contributed by atoms with E-state index in [1.54, 1.807) is 12.3 Å². The standard InChI is InChI=1S/C16H21N/c1-6-10-12-17-16(9-4)15(8-3)13-14(5)11-7-2/h6,8,10-13H,3-4,7H2,1-2,5H3/b10-6-,14-11-,15-13+,17-12?. The van der Waals surface area contributed by atoms with Gasteiger partial charge in [0, 0.05) is 11.8 Å². The third kappa shape index (κ3) is 6.34. The zero-order valence-corrected chi connectivity index (χ0v) is 11.0. The van der Waals surface area contributed by atoms with Crippen molar-refractivity contribution in [3.63, 3.8) is 0 Å². The first-order valence-corrected chi connectivity index (χ1v) is 5.76. The maximum absolute atomic E-state index is 4.28. The molecule has 0 radical (unpaired) electrons. The monoisotopic (exact) mass is 227 g/mol. The molecule has 0 saturated heterocycles. The van der Waals surface area contributed by atoms with Crippen LogP contribution in [0.15, 0.2) is 71.1 Å². The molecule has 0 aromatic rings. The summed E-state index contributed by atoms with van der Waals surface area (Å²) in [7, 11) is 0. The Morgan fingerprint density at radius 2 is 2.12 bits per heavy atom. The van der Waals surface area contributed by atoms with Gasteiger partial charge >= 0.3 is 0 Å². The summed E-state index contributed by atoms with van der Waals surface area (Å²) in [6.45, 7) is 13.6. The van der Waals surface area contributed by atoms with Crippen LogP contribution in [0.1, 0.15) is 27.2 Å². The van der Waals surface area contributed by atoms with Crippen LogP contribution in [0, 0.1) is 0 Å². The molecule has 0 N–H and O–H groups in total. The summed E-state index contributed by atoms with van der Waals surface area (Å²) in [4.78, 5) is 4.28. The molecule has 0 rings (SSSR count). The highest BCUT2D eigenvalue weighted by Crippen LogP contribution is 2.14. The van der Waals surface area contributed by atoms with Crippen LogP contribution in [0.3, 0.4) is 0 Å². The van der Waals surface area contributed by atoms with Gasteiger partial charge in [-0.3, -0.25) is 0 Å². The Bertz CT molecular complexity index is 411. The Morgan fingerprint density at radius 1 is 1.41 bits per heavy atom. The lowest BCUT2D eigenvalue weighted by atomic mass is 10.1. The van der Waals surface area contributed by atoms with E-state index in [1.807, 2.05) is 25.2 Å². The van der Waals surface area contributed by atoms with Gasteiger partial charge in [-0.05, 0) is 32.4 Å². The van der Waals surface area contributed by atoms with Crippen LogP contribution in [-0.4, -0.2) is 6.21 Å². The van der Waals surface area contributed by atoms with E-state index in [-0.39, 0.29) is 0 Å². The van der Waals surface area contributed by atoms with Crippen LogP contribution in [0.4, 0.5) is 0 Å². The number of aliphatic imine (C=N–C) groups is 1.